The van der Waals surface area contributed by atoms with Crippen molar-refractivity contribution in [2.75, 3.05) is 19.9 Å². The number of hydrogen-bond donors (Lipinski definition) is 6. The zero-order chi connectivity index (χ0) is 54.0. The van der Waals surface area contributed by atoms with Crippen LogP contribution in [0.15, 0.2) is 150 Å². The zero-order valence-electron chi connectivity index (χ0n) is 40.1. The van der Waals surface area contributed by atoms with Crippen LogP contribution in [-0.4, -0.2) is 124 Å². The van der Waals surface area contributed by atoms with Gasteiger partial charge < -0.3 is 59.5 Å². The molecule has 0 spiro atoms. The minimum atomic E-state index is -4.41. The molecule has 0 amide bonds. The third kappa shape index (κ3) is 14.7. The molecule has 2 fully saturated rings. The molecule has 4 aliphatic rings. The van der Waals surface area contributed by atoms with Gasteiger partial charge in [-0.15, -0.1) is 0 Å². The lowest BCUT2D eigenvalue weighted by molar-refractivity contribution is -0.148. The molecule has 2 unspecified atom stereocenters. The van der Waals surface area contributed by atoms with Crippen LogP contribution in [0.25, 0.3) is 0 Å². The highest BCUT2D eigenvalue weighted by Crippen LogP contribution is 2.48. The Morgan fingerprint density at radius 1 is 0.703 bits per heavy atom. The summed E-state index contributed by atoms with van der Waals surface area (Å²) >= 11 is 0. The van der Waals surface area contributed by atoms with Crippen LogP contribution < -0.4 is 26.2 Å². The highest BCUT2D eigenvalue weighted by molar-refractivity contribution is 7.56. The topological polar surface area (TPSA) is 281 Å². The van der Waals surface area contributed by atoms with Crippen molar-refractivity contribution < 1.29 is 79.0 Å². The Balaban J connectivity index is 0.000000244. The summed E-state index contributed by atoms with van der Waals surface area (Å²) in [4.78, 5) is 34.3. The van der Waals surface area contributed by atoms with Crippen molar-refractivity contribution in [3.63, 3.8) is 0 Å². The van der Waals surface area contributed by atoms with Gasteiger partial charge in [0.25, 0.3) is 7.52 Å². The fourth-order valence-corrected chi connectivity index (χ4v) is 9.97. The Morgan fingerprint density at radius 2 is 1.09 bits per heavy atom. The van der Waals surface area contributed by atoms with Gasteiger partial charge in [0.1, 0.15) is 66.6 Å². The van der Waals surface area contributed by atoms with Crippen molar-refractivity contribution in [2.24, 2.45) is 21.5 Å². The molecule has 74 heavy (non-hydrogen) atoms. The number of carbonyl (C=O) groups excluding carboxylic acids is 2. The van der Waals surface area contributed by atoms with E-state index in [-0.39, 0.29) is 42.3 Å². The van der Waals surface area contributed by atoms with Gasteiger partial charge in [-0.1, -0.05) is 92.0 Å². The number of aliphatic imine (C=N–C) groups is 2. The molecular formula is C47H56F4N8O13P2. The number of aliphatic hydroxyl groups excluding tert-OH is 2. The number of nitrogens with zero attached hydrogens (tertiary/aromatic N) is 4. The predicted octanol–water partition coefficient (Wildman–Crippen LogP) is 5.22. The Hall–Kier alpha value is -6.24. The molecule has 0 saturated carbocycles. The predicted molar refractivity (Wildman–Crippen MR) is 260 cm³/mol. The fraction of sp³-hybridized carbons (Fsp3) is 0.362. The molecule has 0 bridgehead atoms. The first kappa shape index (κ1) is 57.0. The van der Waals surface area contributed by atoms with Crippen molar-refractivity contribution in [2.45, 2.75) is 87.9 Å². The number of carbonyl (C=O) groups is 2. The van der Waals surface area contributed by atoms with Crippen molar-refractivity contribution in [3.05, 3.63) is 151 Å². The van der Waals surface area contributed by atoms with E-state index in [9.17, 15) is 37.7 Å². The number of nitrogens with one attached hydrogen (secondary N) is 2. The summed E-state index contributed by atoms with van der Waals surface area (Å²) < 4.78 is 123. The summed E-state index contributed by atoms with van der Waals surface area (Å²) in [6, 6.07) is 23.6. The van der Waals surface area contributed by atoms with E-state index in [4.69, 9.17) is 44.0 Å². The largest absolute Gasteiger partial charge is 0.460 e. The van der Waals surface area contributed by atoms with Gasteiger partial charge in [-0.25, -0.2) is 19.6 Å². The summed E-state index contributed by atoms with van der Waals surface area (Å²) in [5.41, 5.74) is 12.6. The number of nitrogens with two attached hydrogens (primary N) is 2. The molecule has 8 N–H and O–H groups in total. The van der Waals surface area contributed by atoms with Crippen molar-refractivity contribution in [3.8, 4) is 5.75 Å². The second-order valence-electron chi connectivity index (χ2n) is 16.9. The van der Waals surface area contributed by atoms with Gasteiger partial charge in [0.2, 0.25) is 12.5 Å². The lowest BCUT2D eigenvalue weighted by Gasteiger charge is -2.31. The van der Waals surface area contributed by atoms with E-state index in [1.165, 1.54) is 57.2 Å². The van der Waals surface area contributed by atoms with E-state index >= 15 is 8.78 Å². The first-order chi connectivity index (χ1) is 34.9. The number of rotatable bonds is 20. The zero-order valence-corrected chi connectivity index (χ0v) is 41.9. The quantitative estimate of drug-likeness (QED) is 0.0481. The molecule has 21 nitrogen and oxygen atoms in total. The molecule has 4 aliphatic heterocycles. The first-order valence-corrected chi connectivity index (χ1v) is 26.1. The molecule has 0 radical (unpaired) electrons. The van der Waals surface area contributed by atoms with E-state index < -0.39 is 101 Å². The molecule has 4 heterocycles. The van der Waals surface area contributed by atoms with Gasteiger partial charge in [-0.2, -0.15) is 22.6 Å². The van der Waals surface area contributed by atoms with Crippen LogP contribution in [-0.2, 0) is 59.9 Å². The van der Waals surface area contributed by atoms with Crippen LogP contribution in [0.4, 0.5) is 17.6 Å². The lowest BCUT2D eigenvalue weighted by Crippen LogP contribution is -2.47. The molecule has 3 aromatic rings. The molecule has 7 rings (SSSR count). The maximum absolute atomic E-state index is 15.0. The fourth-order valence-electron chi connectivity index (χ4n) is 7.15. The SMILES string of the molecule is C=C1N=C(N)C=CN1[C@@H]1O[C@H](CO[P@@](=O)(N[C@@H](C)C(=O)OCc2ccccc2)Oc2ccccc2)C(O)C1(F)F.C=C1N=C(N)C=CN1[C@@H]1O[C@H](CO[P@](C)(=O)N[C@@H](C)C(=O)OCc2ccccc2)C(O)C1(F)F. The normalized spacial score (nSPS) is 25.3. The van der Waals surface area contributed by atoms with Crippen LogP contribution in [0.2, 0.25) is 0 Å². The number of alkyl halides is 4. The summed E-state index contributed by atoms with van der Waals surface area (Å²) in [6.07, 6.45) is -6.70. The third-order valence-electron chi connectivity index (χ3n) is 11.0. The van der Waals surface area contributed by atoms with Gasteiger partial charge in [-0.05, 0) is 49.3 Å². The average molecular weight is 1080 g/mol. The maximum atomic E-state index is 15.0. The second-order valence-corrected chi connectivity index (χ2v) is 20.8. The van der Waals surface area contributed by atoms with Crippen LogP contribution in [0.1, 0.15) is 25.0 Å². The molecule has 400 valence electrons. The first-order valence-electron chi connectivity index (χ1n) is 22.5. The van der Waals surface area contributed by atoms with Crippen LogP contribution in [0.5, 0.6) is 5.75 Å². The molecule has 0 aliphatic carbocycles. The standard InChI is InChI=1S/C26H29F2N4O7P.C21H27F2N4O6P/c1-17(24(34)36-15-19-9-5-3-6-10-19)31-40(35,39-20-11-7-4-8-12-20)37-16-21-23(33)26(27,28)25(38-21)32-14-13-22(29)30-18(32)2;1-13(19(29)31-11-15-7-5-4-6-8-15)26-34(3,30)32-12-16-18(28)21(22,23)20(33-16)27-10-9-17(24)25-14(27)2/h3-14,17,21,23,25,33H,2,15-16H2,1H3,(H2,29,30)(H,31,35);4-10,13,16,18,20,28H,2,11-12H2,1,3H3,(H2,24,25)(H,26,30)/t17-,21+,23?,25+,40-;13-,16+,18?,20+,34-/m00/s1. The molecule has 10 atom stereocenters. The highest BCUT2D eigenvalue weighted by atomic mass is 31.2. The Morgan fingerprint density at radius 3 is 1.51 bits per heavy atom. The highest BCUT2D eigenvalue weighted by Gasteiger charge is 2.62. The van der Waals surface area contributed by atoms with Gasteiger partial charge in [0.05, 0.1) is 13.2 Å². The number of para-hydroxylation sites is 1. The third-order valence-corrected chi connectivity index (χ3v) is 14.1. The maximum Gasteiger partial charge on any atom is 0.459 e. The number of halogens is 4. The molecule has 0 aromatic heterocycles. The van der Waals surface area contributed by atoms with Gasteiger partial charge in [0, 0.05) is 19.1 Å². The Labute approximate surface area is 423 Å². The number of hydrogen-bond acceptors (Lipinski definition) is 19. The van der Waals surface area contributed by atoms with Gasteiger partial charge >= 0.3 is 31.5 Å². The minimum Gasteiger partial charge on any atom is -0.460 e. The van der Waals surface area contributed by atoms with Gasteiger partial charge in [-0.3, -0.25) is 18.7 Å². The Kier molecular flexibility index (Phi) is 18.8. The number of esters is 2. The molecule has 3 aromatic carbocycles. The summed E-state index contributed by atoms with van der Waals surface area (Å²) in [7, 11) is -8.07. The number of amidine groups is 2. The van der Waals surface area contributed by atoms with Crippen molar-refractivity contribution in [1.29, 1.82) is 0 Å². The van der Waals surface area contributed by atoms with Crippen LogP contribution in [0.3, 0.4) is 0 Å². The number of benzene rings is 3. The average Bonchev–Trinajstić information content (AvgIpc) is 3.72. The smallest absolute Gasteiger partial charge is 0.459 e. The number of ether oxygens (including phenoxy) is 4. The lowest BCUT2D eigenvalue weighted by atomic mass is 10.1. The van der Waals surface area contributed by atoms with Crippen LogP contribution in [0, 0.1) is 0 Å². The Bertz CT molecular complexity index is 2690. The monoisotopic (exact) mass is 1080 g/mol. The van der Waals surface area contributed by atoms with Gasteiger partial charge in [0.15, 0.2) is 12.2 Å². The second kappa shape index (κ2) is 24.4. The number of aliphatic hydroxyl groups is 2. The van der Waals surface area contributed by atoms with Crippen molar-refractivity contribution in [1.82, 2.24) is 20.0 Å². The van der Waals surface area contributed by atoms with E-state index in [1.807, 2.05) is 12.1 Å². The van der Waals surface area contributed by atoms with E-state index in [2.05, 4.69) is 33.3 Å². The van der Waals surface area contributed by atoms with E-state index in [0.29, 0.717) is 0 Å². The molecular weight excluding hydrogens is 1020 g/mol. The van der Waals surface area contributed by atoms with Crippen molar-refractivity contribution >= 4 is 38.9 Å². The summed E-state index contributed by atoms with van der Waals surface area (Å²) in [5.74, 6) is -8.91. The molecule has 2 saturated heterocycles. The summed E-state index contributed by atoms with van der Waals surface area (Å²) in [6.45, 7) is 9.72. The van der Waals surface area contributed by atoms with E-state index in [0.717, 1.165) is 20.9 Å². The molecule has 27 heteroatoms. The minimum absolute atomic E-state index is 0.0269. The van der Waals surface area contributed by atoms with E-state index in [1.54, 1.807) is 66.7 Å². The van der Waals surface area contributed by atoms with Crippen LogP contribution >= 0.6 is 15.3 Å². The summed E-state index contributed by atoms with van der Waals surface area (Å²) in [5, 5.41) is 25.5.